The lowest BCUT2D eigenvalue weighted by molar-refractivity contribution is 0.0697. The lowest BCUT2D eigenvalue weighted by Gasteiger charge is -2.37. The molecule has 0 bridgehead atoms. The van der Waals surface area contributed by atoms with Gasteiger partial charge in [0.1, 0.15) is 0 Å². The monoisotopic (exact) mass is 248 g/mol. The maximum Gasteiger partial charge on any atom is 0.337 e. The minimum Gasteiger partial charge on any atom is -0.478 e. The molecule has 1 saturated heterocycles. The second-order valence-electron chi connectivity index (χ2n) is 5.43. The highest BCUT2D eigenvalue weighted by Crippen LogP contribution is 2.29. The van der Waals surface area contributed by atoms with Gasteiger partial charge in [-0.1, -0.05) is 13.8 Å². The molecule has 98 valence electrons. The van der Waals surface area contributed by atoms with Gasteiger partial charge in [0.25, 0.3) is 0 Å². The van der Waals surface area contributed by atoms with E-state index >= 15 is 0 Å². The van der Waals surface area contributed by atoms with Gasteiger partial charge in [-0.3, -0.25) is 0 Å². The Labute approximate surface area is 107 Å². The average Bonchev–Trinajstić information content (AvgIpc) is 2.27. The van der Waals surface area contributed by atoms with E-state index in [9.17, 15) is 9.90 Å². The van der Waals surface area contributed by atoms with E-state index in [-0.39, 0.29) is 0 Å². The van der Waals surface area contributed by atoms with Crippen LogP contribution in [0.4, 0.5) is 11.4 Å². The van der Waals surface area contributed by atoms with Gasteiger partial charge in [-0.25, -0.2) is 4.79 Å². The van der Waals surface area contributed by atoms with Crippen molar-refractivity contribution in [3.63, 3.8) is 0 Å². The van der Waals surface area contributed by atoms with Gasteiger partial charge < -0.3 is 15.7 Å². The second kappa shape index (κ2) is 4.88. The largest absolute Gasteiger partial charge is 0.478 e. The molecule has 3 N–H and O–H groups in total. The Balaban J connectivity index is 2.35. The van der Waals surface area contributed by atoms with E-state index in [0.29, 0.717) is 23.1 Å². The first-order valence-electron chi connectivity index (χ1n) is 6.35. The van der Waals surface area contributed by atoms with Crippen LogP contribution in [0.15, 0.2) is 18.2 Å². The fraction of sp³-hybridized carbons (Fsp3) is 0.500. The van der Waals surface area contributed by atoms with Crippen LogP contribution in [0.25, 0.3) is 0 Å². The molecule has 0 amide bonds. The quantitative estimate of drug-likeness (QED) is 0.789. The Morgan fingerprint density at radius 2 is 1.94 bits per heavy atom. The van der Waals surface area contributed by atoms with Crippen LogP contribution in [0.1, 0.15) is 30.6 Å². The summed E-state index contributed by atoms with van der Waals surface area (Å²) in [5.41, 5.74) is 7.25. The van der Waals surface area contributed by atoms with Crippen LogP contribution in [-0.2, 0) is 0 Å². The topological polar surface area (TPSA) is 66.6 Å². The molecule has 0 aromatic heterocycles. The number of rotatable bonds is 2. The summed E-state index contributed by atoms with van der Waals surface area (Å²) in [4.78, 5) is 13.5. The molecule has 18 heavy (non-hydrogen) atoms. The summed E-state index contributed by atoms with van der Waals surface area (Å²) in [5.74, 6) is 0.268. The number of nitrogens with two attached hydrogens (primary N) is 1. The van der Waals surface area contributed by atoms with Gasteiger partial charge in [-0.2, -0.15) is 0 Å². The molecule has 2 atom stereocenters. The number of hydrogen-bond acceptors (Lipinski definition) is 3. The highest BCUT2D eigenvalue weighted by atomic mass is 16.4. The number of aromatic carboxylic acids is 1. The zero-order valence-electron chi connectivity index (χ0n) is 10.9. The molecule has 1 heterocycles. The first-order valence-corrected chi connectivity index (χ1v) is 6.35. The number of nitrogen functional groups attached to an aromatic ring is 1. The zero-order valence-corrected chi connectivity index (χ0v) is 10.9. The van der Waals surface area contributed by atoms with E-state index in [1.807, 2.05) is 6.07 Å². The molecule has 4 heteroatoms. The molecule has 1 aromatic rings. The van der Waals surface area contributed by atoms with E-state index in [1.165, 1.54) is 6.42 Å². The summed E-state index contributed by atoms with van der Waals surface area (Å²) in [7, 11) is 0. The number of nitrogens with zero attached hydrogens (tertiary/aromatic N) is 1. The average molecular weight is 248 g/mol. The summed E-state index contributed by atoms with van der Waals surface area (Å²) >= 11 is 0. The Morgan fingerprint density at radius 1 is 1.33 bits per heavy atom. The van der Waals surface area contributed by atoms with E-state index in [1.54, 1.807) is 12.1 Å². The van der Waals surface area contributed by atoms with Crippen molar-refractivity contribution in [2.75, 3.05) is 23.7 Å². The van der Waals surface area contributed by atoms with Gasteiger partial charge in [0.15, 0.2) is 0 Å². The normalized spacial score (nSPS) is 24.0. The molecule has 0 spiro atoms. The molecule has 1 aliphatic heterocycles. The lowest BCUT2D eigenvalue weighted by atomic mass is 9.91. The predicted molar refractivity (Wildman–Crippen MR) is 73.0 cm³/mol. The van der Waals surface area contributed by atoms with Crippen LogP contribution in [0.2, 0.25) is 0 Å². The van der Waals surface area contributed by atoms with Gasteiger partial charge in [-0.05, 0) is 36.5 Å². The maximum atomic E-state index is 11.3. The summed E-state index contributed by atoms with van der Waals surface area (Å²) in [6.45, 7) is 6.24. The number of hydrogen-bond donors (Lipinski definition) is 2. The standard InChI is InChI=1S/C14H20N2O2/c1-9-5-10(2)8-16(7-9)13-4-3-11(15)6-12(13)14(17)18/h3-4,6,9-10H,5,7-8,15H2,1-2H3,(H,17,18). The highest BCUT2D eigenvalue weighted by Gasteiger charge is 2.25. The van der Waals surface area contributed by atoms with Gasteiger partial charge >= 0.3 is 5.97 Å². The van der Waals surface area contributed by atoms with Crippen molar-refractivity contribution < 1.29 is 9.90 Å². The Kier molecular flexibility index (Phi) is 3.45. The van der Waals surface area contributed by atoms with Crippen molar-refractivity contribution in [1.29, 1.82) is 0 Å². The van der Waals surface area contributed by atoms with Crippen LogP contribution in [0.5, 0.6) is 0 Å². The van der Waals surface area contributed by atoms with Gasteiger partial charge in [0.05, 0.1) is 11.3 Å². The summed E-state index contributed by atoms with van der Waals surface area (Å²) in [6, 6.07) is 5.14. The molecular weight excluding hydrogens is 228 g/mol. The van der Waals surface area contributed by atoms with Crippen LogP contribution in [0, 0.1) is 11.8 Å². The molecule has 2 rings (SSSR count). The number of piperidine rings is 1. The molecule has 0 aliphatic carbocycles. The smallest absolute Gasteiger partial charge is 0.337 e. The highest BCUT2D eigenvalue weighted by molar-refractivity contribution is 5.95. The summed E-state index contributed by atoms with van der Waals surface area (Å²) in [6.07, 6.45) is 1.20. The van der Waals surface area contributed by atoms with Crippen molar-refractivity contribution in [2.24, 2.45) is 11.8 Å². The second-order valence-corrected chi connectivity index (χ2v) is 5.43. The molecule has 1 aromatic carbocycles. The maximum absolute atomic E-state index is 11.3. The SMILES string of the molecule is CC1CC(C)CN(c2ccc(N)cc2C(=O)O)C1. The number of carboxylic acid groups (broad SMARTS) is 1. The van der Waals surface area contributed by atoms with E-state index < -0.39 is 5.97 Å². The first kappa shape index (κ1) is 12.7. The molecule has 0 radical (unpaired) electrons. The minimum atomic E-state index is -0.914. The molecule has 4 nitrogen and oxygen atoms in total. The Hall–Kier alpha value is -1.71. The Bertz CT molecular complexity index is 449. The summed E-state index contributed by atoms with van der Waals surface area (Å²) in [5, 5.41) is 9.27. The number of benzene rings is 1. The molecule has 1 fully saturated rings. The van der Waals surface area contributed by atoms with Crippen LogP contribution in [-0.4, -0.2) is 24.2 Å². The van der Waals surface area contributed by atoms with E-state index in [2.05, 4.69) is 18.7 Å². The van der Waals surface area contributed by atoms with Crippen molar-refractivity contribution in [3.05, 3.63) is 23.8 Å². The summed E-state index contributed by atoms with van der Waals surface area (Å²) < 4.78 is 0. The third-order valence-electron chi connectivity index (χ3n) is 3.46. The number of carboxylic acids is 1. The van der Waals surface area contributed by atoms with Crippen LogP contribution in [0.3, 0.4) is 0 Å². The van der Waals surface area contributed by atoms with Crippen molar-refractivity contribution in [3.8, 4) is 0 Å². The van der Waals surface area contributed by atoms with Gasteiger partial charge in [0, 0.05) is 18.8 Å². The fourth-order valence-corrected chi connectivity index (χ4v) is 2.86. The molecular formula is C14H20N2O2. The number of carbonyl (C=O) groups is 1. The fourth-order valence-electron chi connectivity index (χ4n) is 2.86. The van der Waals surface area contributed by atoms with Gasteiger partial charge in [-0.15, -0.1) is 0 Å². The van der Waals surface area contributed by atoms with Gasteiger partial charge in [0.2, 0.25) is 0 Å². The lowest BCUT2D eigenvalue weighted by Crippen LogP contribution is -2.39. The Morgan fingerprint density at radius 3 is 2.50 bits per heavy atom. The van der Waals surface area contributed by atoms with E-state index in [0.717, 1.165) is 18.8 Å². The number of anilines is 2. The predicted octanol–water partition coefficient (Wildman–Crippen LogP) is 2.45. The van der Waals surface area contributed by atoms with Crippen LogP contribution < -0.4 is 10.6 Å². The molecule has 1 aliphatic rings. The van der Waals surface area contributed by atoms with Crippen LogP contribution >= 0.6 is 0 Å². The third kappa shape index (κ3) is 2.58. The van der Waals surface area contributed by atoms with E-state index in [4.69, 9.17) is 5.73 Å². The minimum absolute atomic E-state index is 0.302. The zero-order chi connectivity index (χ0) is 13.3. The van der Waals surface area contributed by atoms with Crippen molar-refractivity contribution >= 4 is 17.3 Å². The van der Waals surface area contributed by atoms with Crippen molar-refractivity contribution in [1.82, 2.24) is 0 Å². The third-order valence-corrected chi connectivity index (χ3v) is 3.46. The molecule has 0 saturated carbocycles. The van der Waals surface area contributed by atoms with Crippen molar-refractivity contribution in [2.45, 2.75) is 20.3 Å². The first-order chi connectivity index (χ1) is 8.47. The molecule has 2 unspecified atom stereocenters.